The lowest BCUT2D eigenvalue weighted by atomic mass is 10.1. The molecular formula is C21H26N2O4S. The maximum Gasteiger partial charge on any atom is 0.338 e. The summed E-state index contributed by atoms with van der Waals surface area (Å²) in [5, 5.41) is 6.76. The fourth-order valence-corrected chi connectivity index (χ4v) is 2.83. The van der Waals surface area contributed by atoms with Crippen molar-refractivity contribution in [3.05, 3.63) is 53.6 Å². The van der Waals surface area contributed by atoms with Gasteiger partial charge in [0.2, 0.25) is 0 Å². The Morgan fingerprint density at radius 2 is 1.82 bits per heavy atom. The van der Waals surface area contributed by atoms with E-state index in [0.717, 1.165) is 22.7 Å². The van der Waals surface area contributed by atoms with Crippen molar-refractivity contribution in [3.8, 4) is 11.5 Å². The van der Waals surface area contributed by atoms with E-state index in [9.17, 15) is 4.79 Å². The minimum atomic E-state index is -0.344. The van der Waals surface area contributed by atoms with Gasteiger partial charge >= 0.3 is 5.97 Å². The van der Waals surface area contributed by atoms with E-state index in [-0.39, 0.29) is 12.0 Å². The summed E-state index contributed by atoms with van der Waals surface area (Å²) in [6.07, 6.45) is 0. The number of carbonyl (C=O) groups is 1. The molecule has 0 amide bonds. The van der Waals surface area contributed by atoms with E-state index >= 15 is 0 Å². The van der Waals surface area contributed by atoms with Crippen molar-refractivity contribution >= 4 is 29.0 Å². The minimum Gasteiger partial charge on any atom is -0.497 e. The lowest BCUT2D eigenvalue weighted by Crippen LogP contribution is -2.39. The van der Waals surface area contributed by atoms with Crippen LogP contribution in [-0.2, 0) is 4.74 Å². The van der Waals surface area contributed by atoms with Gasteiger partial charge in [-0.05, 0) is 75.0 Å². The van der Waals surface area contributed by atoms with Crippen molar-refractivity contribution < 1.29 is 19.0 Å². The van der Waals surface area contributed by atoms with Gasteiger partial charge < -0.3 is 24.8 Å². The normalized spacial score (nSPS) is 11.3. The molecule has 28 heavy (non-hydrogen) atoms. The SMILES string of the molecule is CCOC(=O)c1cccc(NC(=S)N[C@@H](C)COc2ccc(OC)cc2)c1C. The molecule has 0 unspecified atom stereocenters. The van der Waals surface area contributed by atoms with Crippen LogP contribution in [-0.4, -0.2) is 37.4 Å². The molecule has 0 heterocycles. The molecule has 0 bridgehead atoms. The van der Waals surface area contributed by atoms with Crippen LogP contribution in [0.1, 0.15) is 29.8 Å². The maximum atomic E-state index is 12.0. The highest BCUT2D eigenvalue weighted by atomic mass is 32.1. The molecule has 2 aromatic rings. The fraction of sp³-hybridized carbons (Fsp3) is 0.333. The van der Waals surface area contributed by atoms with E-state index in [0.29, 0.717) is 23.9 Å². The highest BCUT2D eigenvalue weighted by molar-refractivity contribution is 7.80. The molecule has 0 saturated carbocycles. The molecule has 0 fully saturated rings. The summed E-state index contributed by atoms with van der Waals surface area (Å²) in [7, 11) is 1.62. The maximum absolute atomic E-state index is 12.0. The van der Waals surface area contributed by atoms with Crippen LogP contribution in [0, 0.1) is 6.92 Å². The molecule has 0 aliphatic heterocycles. The number of ether oxygens (including phenoxy) is 3. The Morgan fingerprint density at radius 3 is 2.46 bits per heavy atom. The van der Waals surface area contributed by atoms with Crippen molar-refractivity contribution in [2.24, 2.45) is 0 Å². The Kier molecular flexibility index (Phi) is 8.07. The van der Waals surface area contributed by atoms with Gasteiger partial charge in [-0.2, -0.15) is 0 Å². The number of esters is 1. The molecule has 2 N–H and O–H groups in total. The lowest BCUT2D eigenvalue weighted by molar-refractivity contribution is 0.0525. The predicted octanol–water partition coefficient (Wildman–Crippen LogP) is 3.93. The Bertz CT molecular complexity index is 809. The van der Waals surface area contributed by atoms with Crippen LogP contribution in [0.4, 0.5) is 5.69 Å². The van der Waals surface area contributed by atoms with Crippen molar-refractivity contribution in [3.63, 3.8) is 0 Å². The first kappa shape index (κ1) is 21.5. The number of benzene rings is 2. The van der Waals surface area contributed by atoms with Crippen molar-refractivity contribution in [2.45, 2.75) is 26.8 Å². The van der Waals surface area contributed by atoms with Crippen LogP contribution < -0.4 is 20.1 Å². The fourth-order valence-electron chi connectivity index (χ4n) is 2.52. The van der Waals surface area contributed by atoms with E-state index in [1.54, 1.807) is 26.2 Å². The summed E-state index contributed by atoms with van der Waals surface area (Å²) >= 11 is 5.39. The topological polar surface area (TPSA) is 68.8 Å². The van der Waals surface area contributed by atoms with Crippen molar-refractivity contribution in [2.75, 3.05) is 25.6 Å². The molecule has 0 saturated heterocycles. The van der Waals surface area contributed by atoms with Gasteiger partial charge in [-0.3, -0.25) is 0 Å². The molecule has 1 atom stereocenters. The predicted molar refractivity (Wildman–Crippen MR) is 114 cm³/mol. The number of hydrogen-bond donors (Lipinski definition) is 2. The van der Waals surface area contributed by atoms with E-state index in [1.807, 2.05) is 44.2 Å². The van der Waals surface area contributed by atoms with Crippen LogP contribution in [0.5, 0.6) is 11.5 Å². The molecule has 0 aromatic heterocycles. The monoisotopic (exact) mass is 402 g/mol. The summed E-state index contributed by atoms with van der Waals surface area (Å²) in [6.45, 7) is 6.38. The van der Waals surface area contributed by atoms with Gasteiger partial charge in [-0.25, -0.2) is 4.79 Å². The molecular weight excluding hydrogens is 376 g/mol. The van der Waals surface area contributed by atoms with Gasteiger partial charge in [0.15, 0.2) is 5.11 Å². The van der Waals surface area contributed by atoms with E-state index in [1.165, 1.54) is 0 Å². The smallest absolute Gasteiger partial charge is 0.338 e. The first-order chi connectivity index (χ1) is 13.4. The van der Waals surface area contributed by atoms with Crippen LogP contribution in [0.25, 0.3) is 0 Å². The first-order valence-electron chi connectivity index (χ1n) is 9.05. The summed E-state index contributed by atoms with van der Waals surface area (Å²) < 4.78 is 16.0. The Labute approximate surface area is 171 Å². The summed E-state index contributed by atoms with van der Waals surface area (Å²) in [6, 6.07) is 12.8. The van der Waals surface area contributed by atoms with E-state index < -0.39 is 0 Å². The third kappa shape index (κ3) is 6.13. The Morgan fingerprint density at radius 1 is 1.14 bits per heavy atom. The number of anilines is 1. The minimum absolute atomic E-state index is 0.0179. The molecule has 150 valence electrons. The molecule has 2 aromatic carbocycles. The van der Waals surface area contributed by atoms with Crippen LogP contribution in [0.3, 0.4) is 0 Å². The van der Waals surface area contributed by atoms with Gasteiger partial charge in [0.05, 0.1) is 25.3 Å². The summed E-state index contributed by atoms with van der Waals surface area (Å²) in [4.78, 5) is 12.0. The Balaban J connectivity index is 1.88. The molecule has 7 heteroatoms. The Hall–Kier alpha value is -2.80. The average Bonchev–Trinajstić information content (AvgIpc) is 2.68. The molecule has 0 spiro atoms. The van der Waals surface area contributed by atoms with Gasteiger partial charge in [-0.15, -0.1) is 0 Å². The summed E-state index contributed by atoms with van der Waals surface area (Å²) in [5.41, 5.74) is 2.06. The first-order valence-corrected chi connectivity index (χ1v) is 9.46. The number of carbonyl (C=O) groups excluding carboxylic acids is 1. The highest BCUT2D eigenvalue weighted by Gasteiger charge is 2.14. The molecule has 2 rings (SSSR count). The van der Waals surface area contributed by atoms with Crippen molar-refractivity contribution in [1.82, 2.24) is 5.32 Å². The van der Waals surface area contributed by atoms with Crippen LogP contribution >= 0.6 is 12.2 Å². The largest absolute Gasteiger partial charge is 0.497 e. The van der Waals surface area contributed by atoms with Crippen LogP contribution in [0.2, 0.25) is 0 Å². The number of nitrogens with one attached hydrogen (secondary N) is 2. The number of hydrogen-bond acceptors (Lipinski definition) is 5. The van der Waals surface area contributed by atoms with Gasteiger partial charge in [0.1, 0.15) is 18.1 Å². The quantitative estimate of drug-likeness (QED) is 0.512. The molecule has 0 aliphatic carbocycles. The number of rotatable bonds is 8. The van der Waals surface area contributed by atoms with Crippen molar-refractivity contribution in [1.29, 1.82) is 0 Å². The number of thiocarbonyl (C=S) groups is 1. The zero-order valence-corrected chi connectivity index (χ0v) is 17.4. The third-order valence-electron chi connectivity index (χ3n) is 4.01. The lowest BCUT2D eigenvalue weighted by Gasteiger charge is -2.19. The summed E-state index contributed by atoms with van der Waals surface area (Å²) in [5.74, 6) is 1.19. The van der Waals surface area contributed by atoms with E-state index in [2.05, 4.69) is 10.6 Å². The molecule has 0 radical (unpaired) electrons. The van der Waals surface area contributed by atoms with Gasteiger partial charge in [0.25, 0.3) is 0 Å². The molecule has 0 aliphatic rings. The van der Waals surface area contributed by atoms with E-state index in [4.69, 9.17) is 26.4 Å². The zero-order valence-electron chi connectivity index (χ0n) is 16.6. The molecule has 6 nitrogen and oxygen atoms in total. The highest BCUT2D eigenvalue weighted by Crippen LogP contribution is 2.20. The van der Waals surface area contributed by atoms with Crippen LogP contribution in [0.15, 0.2) is 42.5 Å². The third-order valence-corrected chi connectivity index (χ3v) is 4.23. The average molecular weight is 403 g/mol. The zero-order chi connectivity index (χ0) is 20.5. The number of methoxy groups -OCH3 is 1. The second kappa shape index (κ2) is 10.5. The standard InChI is InChI=1S/C21H26N2O4S/c1-5-26-20(24)18-7-6-8-19(15(18)3)23-21(28)22-14(2)13-27-17-11-9-16(25-4)10-12-17/h6-12,14H,5,13H2,1-4H3,(H2,22,23,28)/t14-/m0/s1. The second-order valence-corrected chi connectivity index (χ2v) is 6.59. The second-order valence-electron chi connectivity index (χ2n) is 6.18. The van der Waals surface area contributed by atoms with Gasteiger partial charge in [0, 0.05) is 5.69 Å². The van der Waals surface area contributed by atoms with Gasteiger partial charge in [-0.1, -0.05) is 6.07 Å².